The summed E-state index contributed by atoms with van der Waals surface area (Å²) in [6, 6.07) is 8.95. The van der Waals surface area contributed by atoms with E-state index in [1.165, 1.54) is 0 Å². The highest BCUT2D eigenvalue weighted by Crippen LogP contribution is 2.22. The van der Waals surface area contributed by atoms with Gasteiger partial charge in [0.15, 0.2) is 5.43 Å². The van der Waals surface area contributed by atoms with Crippen LogP contribution >= 0.6 is 0 Å². The summed E-state index contributed by atoms with van der Waals surface area (Å²) in [7, 11) is 0. The van der Waals surface area contributed by atoms with E-state index in [0.29, 0.717) is 22.2 Å². The van der Waals surface area contributed by atoms with Gasteiger partial charge in [-0.1, -0.05) is 12.1 Å². The molecule has 0 aliphatic carbocycles. The number of hydrogen-bond acceptors (Lipinski definition) is 3. The third kappa shape index (κ3) is 2.30. The molecule has 1 aromatic carbocycles. The summed E-state index contributed by atoms with van der Waals surface area (Å²) >= 11 is 0. The van der Waals surface area contributed by atoms with Crippen molar-refractivity contribution in [1.82, 2.24) is 9.97 Å². The predicted octanol–water partition coefficient (Wildman–Crippen LogP) is 3.01. The highest BCUT2D eigenvalue weighted by Gasteiger charge is 2.21. The normalized spacial score (nSPS) is 10.8. The van der Waals surface area contributed by atoms with Crippen molar-refractivity contribution in [3.63, 3.8) is 0 Å². The largest absolute Gasteiger partial charge is 0.461 e. The lowest BCUT2D eigenvalue weighted by Crippen LogP contribution is -2.17. The third-order valence-electron chi connectivity index (χ3n) is 3.48. The van der Waals surface area contributed by atoms with E-state index in [1.54, 1.807) is 31.3 Å². The summed E-state index contributed by atoms with van der Waals surface area (Å²) in [5.41, 5.74) is 2.49. The second-order valence-electron chi connectivity index (χ2n) is 5.06. The number of fused-ring (bicyclic) bond motifs is 1. The van der Waals surface area contributed by atoms with Crippen LogP contribution in [-0.4, -0.2) is 22.5 Å². The van der Waals surface area contributed by atoms with Crippen LogP contribution in [0.5, 0.6) is 0 Å². The van der Waals surface area contributed by atoms with Gasteiger partial charge in [-0.2, -0.15) is 0 Å². The summed E-state index contributed by atoms with van der Waals surface area (Å²) in [5.74, 6) is -0.535. The zero-order valence-electron chi connectivity index (χ0n) is 12.4. The van der Waals surface area contributed by atoms with Crippen LogP contribution in [0.2, 0.25) is 0 Å². The standard InChI is InChI=1S/C17H16N2O3/c1-3-22-17(21)15-14(13-8-10(2)9-18-13)16(20)11-6-4-5-7-12(11)19-15/h4-9,18H,3H2,1-2H3,(H,19,20). The Morgan fingerprint density at radius 2 is 2.05 bits per heavy atom. The van der Waals surface area contributed by atoms with Gasteiger partial charge in [-0.25, -0.2) is 4.79 Å². The number of nitrogens with one attached hydrogen (secondary N) is 2. The van der Waals surface area contributed by atoms with Crippen LogP contribution in [0, 0.1) is 6.92 Å². The Kier molecular flexibility index (Phi) is 3.55. The average Bonchev–Trinajstić information content (AvgIpc) is 2.93. The monoisotopic (exact) mass is 296 g/mol. The number of rotatable bonds is 3. The van der Waals surface area contributed by atoms with Gasteiger partial charge in [-0.05, 0) is 37.6 Å². The molecule has 2 N–H and O–H groups in total. The fraction of sp³-hybridized carbons (Fsp3) is 0.176. The van der Waals surface area contributed by atoms with Gasteiger partial charge < -0.3 is 14.7 Å². The molecule has 0 saturated carbocycles. The Morgan fingerprint density at radius 3 is 2.73 bits per heavy atom. The number of aryl methyl sites for hydroxylation is 1. The van der Waals surface area contributed by atoms with Crippen molar-refractivity contribution in [2.75, 3.05) is 6.61 Å². The number of carbonyl (C=O) groups excluding carboxylic acids is 1. The summed E-state index contributed by atoms with van der Waals surface area (Å²) in [6.45, 7) is 3.89. The molecule has 3 rings (SSSR count). The minimum absolute atomic E-state index is 0.174. The highest BCUT2D eigenvalue weighted by molar-refractivity contribution is 5.98. The molecule has 0 saturated heterocycles. The van der Waals surface area contributed by atoms with Crippen molar-refractivity contribution in [2.45, 2.75) is 13.8 Å². The molecule has 5 nitrogen and oxygen atoms in total. The average molecular weight is 296 g/mol. The van der Waals surface area contributed by atoms with Crippen LogP contribution in [0.15, 0.2) is 41.3 Å². The summed E-state index contributed by atoms with van der Waals surface area (Å²) in [4.78, 5) is 31.1. The molecule has 0 amide bonds. The molecular formula is C17H16N2O3. The molecule has 0 aliphatic heterocycles. The molecule has 0 spiro atoms. The number of esters is 1. The minimum atomic E-state index is -0.535. The first-order valence-corrected chi connectivity index (χ1v) is 7.09. The zero-order valence-corrected chi connectivity index (χ0v) is 12.4. The number of pyridine rings is 1. The number of aromatic nitrogens is 2. The smallest absolute Gasteiger partial charge is 0.355 e. The maximum atomic E-state index is 12.8. The number of benzene rings is 1. The lowest BCUT2D eigenvalue weighted by molar-refractivity contribution is 0.0521. The zero-order chi connectivity index (χ0) is 15.7. The molecular weight excluding hydrogens is 280 g/mol. The van der Waals surface area contributed by atoms with E-state index >= 15 is 0 Å². The van der Waals surface area contributed by atoms with E-state index in [9.17, 15) is 9.59 Å². The number of hydrogen-bond donors (Lipinski definition) is 2. The van der Waals surface area contributed by atoms with Crippen LogP contribution < -0.4 is 5.43 Å². The van der Waals surface area contributed by atoms with Gasteiger partial charge in [0, 0.05) is 17.1 Å². The first-order chi connectivity index (χ1) is 10.6. The van der Waals surface area contributed by atoms with Gasteiger partial charge in [0.2, 0.25) is 0 Å². The third-order valence-corrected chi connectivity index (χ3v) is 3.48. The van der Waals surface area contributed by atoms with E-state index in [1.807, 2.05) is 19.1 Å². The molecule has 0 radical (unpaired) electrons. The van der Waals surface area contributed by atoms with E-state index in [0.717, 1.165) is 5.56 Å². The molecule has 0 fully saturated rings. The van der Waals surface area contributed by atoms with E-state index < -0.39 is 5.97 Å². The van der Waals surface area contributed by atoms with Gasteiger partial charge in [0.1, 0.15) is 5.69 Å². The topological polar surface area (TPSA) is 75.0 Å². The summed E-state index contributed by atoms with van der Waals surface area (Å²) in [6.07, 6.45) is 1.79. The van der Waals surface area contributed by atoms with Crippen molar-refractivity contribution in [3.05, 3.63) is 58.0 Å². The van der Waals surface area contributed by atoms with E-state index in [-0.39, 0.29) is 17.7 Å². The number of carbonyl (C=O) groups is 1. The molecule has 2 aromatic heterocycles. The lowest BCUT2D eigenvalue weighted by atomic mass is 10.0. The van der Waals surface area contributed by atoms with Gasteiger partial charge in [-0.3, -0.25) is 4.79 Å². The van der Waals surface area contributed by atoms with Crippen LogP contribution in [0.25, 0.3) is 22.2 Å². The molecule has 22 heavy (non-hydrogen) atoms. The SMILES string of the molecule is CCOC(=O)c1[nH]c2ccccc2c(=O)c1-c1cc(C)c[nH]1. The maximum absolute atomic E-state index is 12.8. The van der Waals surface area contributed by atoms with Crippen molar-refractivity contribution >= 4 is 16.9 Å². The minimum Gasteiger partial charge on any atom is -0.461 e. The summed E-state index contributed by atoms with van der Waals surface area (Å²) < 4.78 is 5.08. The molecule has 5 heteroatoms. The second-order valence-corrected chi connectivity index (χ2v) is 5.06. The van der Waals surface area contributed by atoms with Gasteiger partial charge in [0.05, 0.1) is 17.9 Å². The van der Waals surface area contributed by atoms with Gasteiger partial charge in [-0.15, -0.1) is 0 Å². The van der Waals surface area contributed by atoms with Crippen LogP contribution in [0.3, 0.4) is 0 Å². The Bertz CT molecular complexity index is 906. The van der Waals surface area contributed by atoms with E-state index in [2.05, 4.69) is 9.97 Å². The fourth-order valence-corrected chi connectivity index (χ4v) is 2.50. The Hall–Kier alpha value is -2.82. The Labute approximate surface area is 126 Å². The van der Waals surface area contributed by atoms with Crippen molar-refractivity contribution in [2.24, 2.45) is 0 Å². The van der Waals surface area contributed by atoms with Gasteiger partial charge >= 0.3 is 5.97 Å². The summed E-state index contributed by atoms with van der Waals surface area (Å²) in [5, 5.41) is 0.540. The van der Waals surface area contributed by atoms with Crippen LogP contribution in [0.4, 0.5) is 0 Å². The first-order valence-electron chi connectivity index (χ1n) is 7.09. The molecule has 0 bridgehead atoms. The van der Waals surface area contributed by atoms with Crippen LogP contribution in [-0.2, 0) is 4.74 Å². The van der Waals surface area contributed by atoms with Crippen molar-refractivity contribution < 1.29 is 9.53 Å². The lowest BCUT2D eigenvalue weighted by Gasteiger charge is -2.09. The number of aromatic amines is 2. The van der Waals surface area contributed by atoms with E-state index in [4.69, 9.17) is 4.74 Å². The first kappa shape index (κ1) is 14.1. The van der Waals surface area contributed by atoms with Crippen molar-refractivity contribution in [1.29, 1.82) is 0 Å². The Balaban J connectivity index is 2.35. The van der Waals surface area contributed by atoms with Crippen LogP contribution in [0.1, 0.15) is 23.0 Å². The molecule has 3 aromatic rings. The second kappa shape index (κ2) is 5.52. The number of H-pyrrole nitrogens is 2. The van der Waals surface area contributed by atoms with Gasteiger partial charge in [0.25, 0.3) is 0 Å². The predicted molar refractivity (Wildman–Crippen MR) is 85.0 cm³/mol. The highest BCUT2D eigenvalue weighted by atomic mass is 16.5. The fourth-order valence-electron chi connectivity index (χ4n) is 2.50. The van der Waals surface area contributed by atoms with Crippen molar-refractivity contribution in [3.8, 4) is 11.3 Å². The molecule has 0 aliphatic rings. The Morgan fingerprint density at radius 1 is 1.27 bits per heavy atom. The number of para-hydroxylation sites is 1. The molecule has 112 valence electrons. The molecule has 0 atom stereocenters. The quantitative estimate of drug-likeness (QED) is 0.730. The number of ether oxygens (including phenoxy) is 1. The molecule has 0 unspecified atom stereocenters. The maximum Gasteiger partial charge on any atom is 0.355 e. The molecule has 2 heterocycles.